The molecule has 5 aliphatic rings. The van der Waals surface area contributed by atoms with Gasteiger partial charge in [-0.3, -0.25) is 9.69 Å². The number of piperidine rings is 1. The monoisotopic (exact) mass is 467 g/mol. The van der Waals surface area contributed by atoms with E-state index in [1.54, 1.807) is 12.0 Å². The minimum atomic E-state index is -1.04. The minimum Gasteiger partial charge on any atom is -0.497 e. The zero-order valence-electron chi connectivity index (χ0n) is 20.2. The van der Waals surface area contributed by atoms with E-state index in [0.717, 1.165) is 62.9 Å². The number of methoxy groups -OCH3 is 1. The maximum absolute atomic E-state index is 14.0. The predicted molar refractivity (Wildman–Crippen MR) is 128 cm³/mol. The Bertz CT molecular complexity index is 990. The second-order valence-electron chi connectivity index (χ2n) is 11.4. The average molecular weight is 468 g/mol. The number of benzene rings is 1. The third kappa shape index (κ3) is 3.63. The van der Waals surface area contributed by atoms with Crippen molar-refractivity contribution in [1.82, 2.24) is 15.1 Å². The molecule has 3 amide bonds. The lowest BCUT2D eigenvalue weighted by atomic mass is 9.52. The van der Waals surface area contributed by atoms with Gasteiger partial charge in [0.2, 0.25) is 5.91 Å². The van der Waals surface area contributed by atoms with E-state index in [9.17, 15) is 14.7 Å². The predicted octanol–water partition coefficient (Wildman–Crippen LogP) is 2.84. The van der Waals surface area contributed by atoms with Crippen LogP contribution < -0.4 is 10.1 Å². The third-order valence-corrected chi connectivity index (χ3v) is 9.16. The SMILES string of the molecule is COc1ccc2c(c1)[C@]13CCN[C@H](C2)[C@]1(O)CCCN(CC1CC1)C(=O)N(CC1CC1)C(=O)C3. The highest BCUT2D eigenvalue weighted by Gasteiger charge is 2.61. The number of carbonyl (C=O) groups excluding carboxylic acids is 2. The van der Waals surface area contributed by atoms with Gasteiger partial charge in [0.1, 0.15) is 5.75 Å². The molecule has 0 radical (unpaired) electrons. The largest absolute Gasteiger partial charge is 0.497 e. The molecule has 7 nitrogen and oxygen atoms in total. The summed E-state index contributed by atoms with van der Waals surface area (Å²) in [5.74, 6) is 1.61. The van der Waals surface area contributed by atoms with E-state index in [-0.39, 0.29) is 24.4 Å². The Hall–Kier alpha value is -2.12. The summed E-state index contributed by atoms with van der Waals surface area (Å²) >= 11 is 0. The van der Waals surface area contributed by atoms with E-state index in [2.05, 4.69) is 11.4 Å². The van der Waals surface area contributed by atoms with E-state index in [1.165, 1.54) is 5.56 Å². The zero-order chi connectivity index (χ0) is 23.5. The Morgan fingerprint density at radius 1 is 1.12 bits per heavy atom. The summed E-state index contributed by atoms with van der Waals surface area (Å²) in [6.45, 7) is 2.60. The van der Waals surface area contributed by atoms with Crippen LogP contribution in [0.15, 0.2) is 18.2 Å². The fourth-order valence-corrected chi connectivity index (χ4v) is 6.85. The summed E-state index contributed by atoms with van der Waals surface area (Å²) in [5, 5.41) is 16.0. The van der Waals surface area contributed by atoms with Crippen molar-refractivity contribution in [2.24, 2.45) is 11.8 Å². The highest BCUT2D eigenvalue weighted by atomic mass is 16.5. The highest BCUT2D eigenvalue weighted by molar-refractivity contribution is 5.95. The molecule has 0 spiro atoms. The number of hydrogen-bond acceptors (Lipinski definition) is 5. The molecule has 0 unspecified atom stereocenters. The Morgan fingerprint density at radius 3 is 2.62 bits per heavy atom. The highest BCUT2D eigenvalue weighted by Crippen LogP contribution is 2.54. The lowest BCUT2D eigenvalue weighted by Crippen LogP contribution is -2.72. The van der Waals surface area contributed by atoms with Crippen molar-refractivity contribution >= 4 is 11.9 Å². The quantitative estimate of drug-likeness (QED) is 0.696. The minimum absolute atomic E-state index is 0.0983. The van der Waals surface area contributed by atoms with Crippen molar-refractivity contribution in [2.45, 2.75) is 74.8 Å². The summed E-state index contributed by atoms with van der Waals surface area (Å²) in [5.41, 5.74) is 0.442. The van der Waals surface area contributed by atoms with Crippen LogP contribution in [-0.4, -0.2) is 71.8 Å². The number of aliphatic hydroxyl groups is 1. The molecule has 0 aromatic heterocycles. The van der Waals surface area contributed by atoms with Crippen LogP contribution in [0, 0.1) is 11.8 Å². The first-order chi connectivity index (χ1) is 16.4. The lowest BCUT2D eigenvalue weighted by Gasteiger charge is -2.59. The number of amides is 3. The van der Waals surface area contributed by atoms with E-state index in [1.807, 2.05) is 17.0 Å². The Morgan fingerprint density at radius 2 is 1.88 bits per heavy atom. The second kappa shape index (κ2) is 8.23. The molecular formula is C27H37N3O4. The molecule has 1 aromatic rings. The molecule has 2 saturated carbocycles. The van der Waals surface area contributed by atoms with Crippen LogP contribution in [0.5, 0.6) is 5.75 Å². The van der Waals surface area contributed by atoms with Gasteiger partial charge in [-0.2, -0.15) is 0 Å². The first-order valence-corrected chi connectivity index (χ1v) is 13.2. The molecule has 2 N–H and O–H groups in total. The summed E-state index contributed by atoms with van der Waals surface area (Å²) in [7, 11) is 1.66. The van der Waals surface area contributed by atoms with E-state index in [4.69, 9.17) is 4.74 Å². The third-order valence-electron chi connectivity index (χ3n) is 9.16. The number of urea groups is 1. The Balaban J connectivity index is 1.43. The summed E-state index contributed by atoms with van der Waals surface area (Å²) in [4.78, 5) is 31.2. The van der Waals surface area contributed by atoms with Gasteiger partial charge in [-0.1, -0.05) is 6.07 Å². The van der Waals surface area contributed by atoms with Crippen LogP contribution in [0.2, 0.25) is 0 Å². The zero-order valence-corrected chi connectivity index (χ0v) is 20.2. The molecule has 2 aliphatic heterocycles. The molecule has 2 saturated heterocycles. The maximum atomic E-state index is 14.0. The van der Waals surface area contributed by atoms with Crippen molar-refractivity contribution in [3.8, 4) is 5.75 Å². The van der Waals surface area contributed by atoms with E-state index in [0.29, 0.717) is 37.8 Å². The number of ether oxygens (including phenoxy) is 1. The first-order valence-electron chi connectivity index (χ1n) is 13.2. The van der Waals surface area contributed by atoms with Crippen molar-refractivity contribution in [2.75, 3.05) is 33.3 Å². The molecule has 3 atom stereocenters. The van der Waals surface area contributed by atoms with Crippen LogP contribution in [0.4, 0.5) is 4.79 Å². The van der Waals surface area contributed by atoms with Crippen LogP contribution in [-0.2, 0) is 16.6 Å². The molecule has 6 rings (SSSR count). The number of imide groups is 1. The number of nitrogens with one attached hydrogen (secondary N) is 1. The summed E-state index contributed by atoms with van der Waals surface area (Å²) in [6, 6.07) is 5.88. The van der Waals surface area contributed by atoms with Crippen molar-refractivity contribution in [3.63, 3.8) is 0 Å². The number of hydrogen-bond donors (Lipinski definition) is 2. The standard InChI is InChI=1S/C27H37N3O4/c1-34-21-8-7-20-13-23-27(33)9-2-12-29(16-18-3-4-18)25(32)30(17-19-5-6-19)24(31)15-26(27,10-11-28-23)22(20)14-21/h7-8,14,18-19,23,28,33H,2-6,9-13,15-17H2,1H3/t23-,26-,27-/m1/s1. The van der Waals surface area contributed by atoms with E-state index >= 15 is 0 Å². The fourth-order valence-electron chi connectivity index (χ4n) is 6.85. The fraction of sp³-hybridized carbons (Fsp3) is 0.704. The van der Waals surface area contributed by atoms with Crippen LogP contribution >= 0.6 is 0 Å². The van der Waals surface area contributed by atoms with Crippen LogP contribution in [0.25, 0.3) is 0 Å². The molecule has 1 aromatic carbocycles. The molecule has 7 heteroatoms. The molecule has 3 aliphatic carbocycles. The van der Waals surface area contributed by atoms with Gasteiger partial charge >= 0.3 is 6.03 Å². The van der Waals surface area contributed by atoms with Crippen molar-refractivity contribution in [1.29, 1.82) is 0 Å². The molecule has 184 valence electrons. The number of rotatable bonds is 5. The van der Waals surface area contributed by atoms with E-state index < -0.39 is 11.0 Å². The maximum Gasteiger partial charge on any atom is 0.326 e. The molecule has 34 heavy (non-hydrogen) atoms. The van der Waals surface area contributed by atoms with Gasteiger partial charge in [-0.05, 0) is 93.0 Å². The average Bonchev–Trinajstić information content (AvgIpc) is 3.73. The van der Waals surface area contributed by atoms with Gasteiger partial charge < -0.3 is 20.1 Å². The van der Waals surface area contributed by atoms with Gasteiger partial charge in [-0.15, -0.1) is 0 Å². The van der Waals surface area contributed by atoms with Crippen molar-refractivity contribution in [3.05, 3.63) is 29.3 Å². The topological polar surface area (TPSA) is 82.1 Å². The Labute approximate surface area is 201 Å². The first kappa shape index (κ1) is 22.4. The molecule has 2 bridgehead atoms. The molecule has 4 fully saturated rings. The van der Waals surface area contributed by atoms with Gasteiger partial charge in [-0.25, -0.2) is 4.79 Å². The van der Waals surface area contributed by atoms with Gasteiger partial charge in [0.25, 0.3) is 0 Å². The van der Waals surface area contributed by atoms with Crippen LogP contribution in [0.3, 0.4) is 0 Å². The Kier molecular flexibility index (Phi) is 5.41. The van der Waals surface area contributed by atoms with Gasteiger partial charge in [0.15, 0.2) is 0 Å². The number of fused-ring (bicyclic) bond motifs is 1. The number of carbonyl (C=O) groups is 2. The lowest BCUT2D eigenvalue weighted by molar-refractivity contribution is -0.144. The summed E-state index contributed by atoms with van der Waals surface area (Å²) < 4.78 is 5.56. The molecular weight excluding hydrogens is 430 g/mol. The van der Waals surface area contributed by atoms with Crippen LogP contribution in [0.1, 0.15) is 62.5 Å². The number of nitrogens with zero attached hydrogens (tertiary/aromatic N) is 2. The van der Waals surface area contributed by atoms with Gasteiger partial charge in [0.05, 0.1) is 12.7 Å². The summed E-state index contributed by atoms with van der Waals surface area (Å²) in [6.07, 6.45) is 7.38. The second-order valence-corrected chi connectivity index (χ2v) is 11.4. The normalized spacial score (nSPS) is 33.9. The smallest absolute Gasteiger partial charge is 0.326 e. The van der Waals surface area contributed by atoms with Gasteiger partial charge in [0, 0.05) is 37.5 Å². The van der Waals surface area contributed by atoms with Crippen molar-refractivity contribution < 1.29 is 19.4 Å². The molecule has 2 heterocycles.